The van der Waals surface area contributed by atoms with E-state index in [1.165, 1.54) is 77.0 Å². The van der Waals surface area contributed by atoms with Crippen LogP contribution in [0.3, 0.4) is 0 Å². The van der Waals surface area contributed by atoms with Gasteiger partial charge in [-0.25, -0.2) is 0 Å². The lowest BCUT2D eigenvalue weighted by Crippen LogP contribution is -2.32. The molecule has 3 rings (SSSR count). The zero-order valence-electron chi connectivity index (χ0n) is 15.3. The molecule has 0 bridgehead atoms. The predicted molar refractivity (Wildman–Crippen MR) is 99.8 cm³/mol. The number of rotatable bonds is 5. The van der Waals surface area contributed by atoms with Gasteiger partial charge in [-0.1, -0.05) is 83.1 Å². The molecule has 1 aromatic rings. The van der Waals surface area contributed by atoms with Crippen LogP contribution >= 0.6 is 0 Å². The van der Waals surface area contributed by atoms with E-state index in [-0.39, 0.29) is 0 Å². The van der Waals surface area contributed by atoms with Gasteiger partial charge in [-0.2, -0.15) is 0 Å². The fourth-order valence-corrected chi connectivity index (χ4v) is 5.05. The Kier molecular flexibility index (Phi) is 6.71. The zero-order chi connectivity index (χ0) is 16.7. The number of hydrogen-bond acceptors (Lipinski definition) is 2. The molecular weight excluding hydrogens is 294 g/mol. The summed E-state index contributed by atoms with van der Waals surface area (Å²) in [7, 11) is 0. The lowest BCUT2D eigenvalue weighted by molar-refractivity contribution is -0.0165. The molecule has 0 saturated heterocycles. The first-order valence-corrected chi connectivity index (χ1v) is 10.4. The summed E-state index contributed by atoms with van der Waals surface area (Å²) in [6, 6.07) is 4.08. The minimum Gasteiger partial charge on any atom is -0.385 e. The molecule has 0 atom stereocenters. The summed E-state index contributed by atoms with van der Waals surface area (Å²) in [4.78, 5) is 4.31. The molecule has 2 fully saturated rings. The van der Waals surface area contributed by atoms with E-state index in [2.05, 4.69) is 11.1 Å². The molecule has 134 valence electrons. The maximum absolute atomic E-state index is 11.7. The Hall–Kier alpha value is -0.890. The Morgan fingerprint density at radius 2 is 1.33 bits per heavy atom. The molecule has 2 heteroatoms. The van der Waals surface area contributed by atoms with Crippen molar-refractivity contribution in [1.29, 1.82) is 0 Å². The van der Waals surface area contributed by atoms with E-state index in [1.54, 1.807) is 0 Å². The predicted octanol–water partition coefficient (Wildman–Crippen LogP) is 5.99. The van der Waals surface area contributed by atoms with Gasteiger partial charge in [0, 0.05) is 18.0 Å². The minimum absolute atomic E-state index is 0.668. The van der Waals surface area contributed by atoms with Crippen LogP contribution in [-0.4, -0.2) is 10.1 Å². The number of nitrogens with zero attached hydrogens (tertiary/aromatic N) is 1. The average molecular weight is 330 g/mol. The van der Waals surface area contributed by atoms with Crippen LogP contribution in [0.4, 0.5) is 0 Å². The van der Waals surface area contributed by atoms with E-state index in [0.717, 1.165) is 18.4 Å². The van der Waals surface area contributed by atoms with Crippen molar-refractivity contribution >= 4 is 0 Å². The van der Waals surface area contributed by atoms with Gasteiger partial charge in [0.1, 0.15) is 0 Å². The Morgan fingerprint density at radius 3 is 1.75 bits per heavy atom. The zero-order valence-corrected chi connectivity index (χ0v) is 15.3. The van der Waals surface area contributed by atoms with Gasteiger partial charge >= 0.3 is 0 Å². The first-order chi connectivity index (χ1) is 11.8. The Labute approximate surface area is 148 Å². The molecule has 0 aliphatic heterocycles. The molecule has 1 aromatic heterocycles. The minimum atomic E-state index is -0.668. The quantitative estimate of drug-likeness (QED) is 0.673. The molecular formula is C22H35NO. The summed E-state index contributed by atoms with van der Waals surface area (Å²) in [6.45, 7) is 0. The number of aromatic nitrogens is 1. The standard InChI is InChI=1S/C22H35NO/c24-22(21-14-9-15-23-18-21,16-19-10-5-1-2-6-11-19)17-20-12-7-3-4-8-13-20/h9,14-15,18-20,24H,1-8,10-13,16-17H2. The topological polar surface area (TPSA) is 33.1 Å². The highest BCUT2D eigenvalue weighted by atomic mass is 16.3. The van der Waals surface area contributed by atoms with Gasteiger partial charge in [-0.3, -0.25) is 4.98 Å². The van der Waals surface area contributed by atoms with Gasteiger partial charge in [0.05, 0.1) is 5.60 Å². The smallest absolute Gasteiger partial charge is 0.0916 e. The normalized spacial score (nSPS) is 22.0. The lowest BCUT2D eigenvalue weighted by Gasteiger charge is -2.35. The van der Waals surface area contributed by atoms with Crippen LogP contribution in [0.15, 0.2) is 24.5 Å². The second-order valence-corrected chi connectivity index (χ2v) is 8.40. The van der Waals surface area contributed by atoms with Crippen LogP contribution in [-0.2, 0) is 5.60 Å². The van der Waals surface area contributed by atoms with Crippen molar-refractivity contribution in [3.8, 4) is 0 Å². The van der Waals surface area contributed by atoms with Crippen LogP contribution in [0.2, 0.25) is 0 Å². The molecule has 0 unspecified atom stereocenters. The van der Waals surface area contributed by atoms with Crippen molar-refractivity contribution in [1.82, 2.24) is 4.98 Å². The highest BCUT2D eigenvalue weighted by molar-refractivity contribution is 5.18. The van der Waals surface area contributed by atoms with Gasteiger partial charge < -0.3 is 5.11 Å². The van der Waals surface area contributed by atoms with Crippen molar-refractivity contribution in [2.24, 2.45) is 11.8 Å². The summed E-state index contributed by atoms with van der Waals surface area (Å²) >= 11 is 0. The van der Waals surface area contributed by atoms with Crippen molar-refractivity contribution in [3.63, 3.8) is 0 Å². The van der Waals surface area contributed by atoms with Crippen LogP contribution in [0, 0.1) is 11.8 Å². The van der Waals surface area contributed by atoms with Crippen LogP contribution < -0.4 is 0 Å². The average Bonchev–Trinajstić information content (AvgIpc) is 3.00. The van der Waals surface area contributed by atoms with Crippen LogP contribution in [0.5, 0.6) is 0 Å². The molecule has 0 radical (unpaired) electrons. The fraction of sp³-hybridized carbons (Fsp3) is 0.773. The van der Waals surface area contributed by atoms with Gasteiger partial charge in [0.2, 0.25) is 0 Å². The maximum atomic E-state index is 11.7. The van der Waals surface area contributed by atoms with E-state index in [4.69, 9.17) is 0 Å². The number of aliphatic hydroxyl groups is 1. The molecule has 1 N–H and O–H groups in total. The highest BCUT2D eigenvalue weighted by Gasteiger charge is 2.35. The van der Waals surface area contributed by atoms with Gasteiger partial charge in [0.25, 0.3) is 0 Å². The van der Waals surface area contributed by atoms with Crippen molar-refractivity contribution in [3.05, 3.63) is 30.1 Å². The van der Waals surface area contributed by atoms with Crippen LogP contribution in [0.25, 0.3) is 0 Å². The first kappa shape index (κ1) is 17.9. The Balaban J connectivity index is 1.74. The molecule has 2 saturated carbocycles. The summed E-state index contributed by atoms with van der Waals surface area (Å²) in [5.74, 6) is 1.37. The first-order valence-electron chi connectivity index (χ1n) is 10.4. The van der Waals surface area contributed by atoms with E-state index in [1.807, 2.05) is 18.5 Å². The monoisotopic (exact) mass is 329 g/mol. The second-order valence-electron chi connectivity index (χ2n) is 8.40. The van der Waals surface area contributed by atoms with Gasteiger partial charge in [-0.15, -0.1) is 0 Å². The highest BCUT2D eigenvalue weighted by Crippen LogP contribution is 2.41. The lowest BCUT2D eigenvalue weighted by atomic mass is 9.75. The molecule has 24 heavy (non-hydrogen) atoms. The second kappa shape index (κ2) is 8.99. The largest absolute Gasteiger partial charge is 0.385 e. The third kappa shape index (κ3) is 5.05. The molecule has 1 heterocycles. The summed E-state index contributed by atoms with van der Waals surface area (Å²) in [5, 5.41) is 11.7. The van der Waals surface area contributed by atoms with Crippen molar-refractivity contribution in [2.45, 2.75) is 95.5 Å². The molecule has 0 spiro atoms. The molecule has 2 aliphatic carbocycles. The van der Waals surface area contributed by atoms with Crippen molar-refractivity contribution < 1.29 is 5.11 Å². The Morgan fingerprint density at radius 1 is 0.833 bits per heavy atom. The van der Waals surface area contributed by atoms with E-state index in [0.29, 0.717) is 11.8 Å². The molecule has 0 amide bonds. The fourth-order valence-electron chi connectivity index (χ4n) is 5.05. The van der Waals surface area contributed by atoms with Gasteiger partial charge in [0.15, 0.2) is 0 Å². The summed E-state index contributed by atoms with van der Waals surface area (Å²) < 4.78 is 0. The summed E-state index contributed by atoms with van der Waals surface area (Å²) in [5.41, 5.74) is 0.386. The van der Waals surface area contributed by atoms with E-state index in [9.17, 15) is 5.11 Å². The van der Waals surface area contributed by atoms with Gasteiger partial charge in [-0.05, 0) is 30.7 Å². The molecule has 2 aliphatic rings. The van der Waals surface area contributed by atoms with E-state index >= 15 is 0 Å². The maximum Gasteiger partial charge on any atom is 0.0916 e. The summed E-state index contributed by atoms with van der Waals surface area (Å²) in [6.07, 6.45) is 21.7. The third-order valence-corrected chi connectivity index (χ3v) is 6.40. The SMILES string of the molecule is OC(CC1CCCCCC1)(CC1CCCCCC1)c1cccnc1. The third-order valence-electron chi connectivity index (χ3n) is 6.40. The number of pyridine rings is 1. The molecule has 0 aromatic carbocycles. The Bertz CT molecular complexity index is 434. The van der Waals surface area contributed by atoms with Crippen molar-refractivity contribution in [2.75, 3.05) is 0 Å². The molecule has 2 nitrogen and oxygen atoms in total. The van der Waals surface area contributed by atoms with E-state index < -0.39 is 5.60 Å². The number of hydrogen-bond donors (Lipinski definition) is 1. The van der Waals surface area contributed by atoms with Crippen LogP contribution in [0.1, 0.15) is 95.5 Å².